The Morgan fingerprint density at radius 3 is 2.69 bits per heavy atom. The van der Waals surface area contributed by atoms with E-state index in [1.165, 1.54) is 23.6 Å². The van der Waals surface area contributed by atoms with Crippen LogP contribution in [0, 0.1) is 0 Å². The van der Waals surface area contributed by atoms with Crippen molar-refractivity contribution in [3.63, 3.8) is 0 Å². The molecule has 1 aliphatic rings. The normalized spacial score (nSPS) is 16.6. The van der Waals surface area contributed by atoms with Crippen molar-refractivity contribution in [1.29, 1.82) is 0 Å². The lowest BCUT2D eigenvalue weighted by molar-refractivity contribution is -0.117. The van der Waals surface area contributed by atoms with Gasteiger partial charge in [0.15, 0.2) is 0 Å². The second kappa shape index (κ2) is 9.25. The van der Waals surface area contributed by atoms with Gasteiger partial charge < -0.3 is 19.2 Å². The Labute approximate surface area is 170 Å². The predicted octanol–water partition coefficient (Wildman–Crippen LogP) is 2.20. The Bertz CT molecular complexity index is 963. The number of hydrogen-bond acceptors (Lipinski definition) is 6. The van der Waals surface area contributed by atoms with E-state index in [-0.39, 0.29) is 22.6 Å². The minimum Gasteiger partial charge on any atom is -0.495 e. The topological polar surface area (TPSA) is 98.1 Å². The van der Waals surface area contributed by atoms with Gasteiger partial charge in [-0.1, -0.05) is 6.07 Å². The van der Waals surface area contributed by atoms with E-state index in [4.69, 9.17) is 13.9 Å². The summed E-state index contributed by atoms with van der Waals surface area (Å²) in [4.78, 5) is 12.2. The van der Waals surface area contributed by atoms with Crippen LogP contribution in [-0.4, -0.2) is 52.0 Å². The first-order valence-electron chi connectivity index (χ1n) is 9.19. The molecule has 156 valence electrons. The van der Waals surface area contributed by atoms with Crippen molar-refractivity contribution in [3.8, 4) is 5.75 Å². The van der Waals surface area contributed by atoms with Crippen molar-refractivity contribution >= 4 is 22.0 Å². The Balaban J connectivity index is 1.77. The van der Waals surface area contributed by atoms with Gasteiger partial charge in [-0.2, -0.15) is 4.31 Å². The van der Waals surface area contributed by atoms with Crippen molar-refractivity contribution < 1.29 is 27.1 Å². The van der Waals surface area contributed by atoms with Crippen molar-refractivity contribution in [2.24, 2.45) is 0 Å². The van der Waals surface area contributed by atoms with Gasteiger partial charge in [-0.15, -0.1) is 0 Å². The summed E-state index contributed by atoms with van der Waals surface area (Å²) in [7, 11) is -2.31. The summed E-state index contributed by atoms with van der Waals surface area (Å²) in [5.74, 6) is 0.585. The molecule has 1 fully saturated rings. The molecule has 29 heavy (non-hydrogen) atoms. The highest BCUT2D eigenvalue weighted by Crippen LogP contribution is 2.28. The fourth-order valence-corrected chi connectivity index (χ4v) is 4.57. The number of methoxy groups -OCH3 is 1. The van der Waals surface area contributed by atoms with Crippen LogP contribution in [0.3, 0.4) is 0 Å². The molecule has 0 unspecified atom stereocenters. The van der Waals surface area contributed by atoms with E-state index in [9.17, 15) is 13.2 Å². The lowest BCUT2D eigenvalue weighted by Gasteiger charge is -2.26. The summed E-state index contributed by atoms with van der Waals surface area (Å²) in [6.45, 7) is 3.10. The zero-order chi connectivity index (χ0) is 20.9. The maximum Gasteiger partial charge on any atom is 0.246 e. The third-order valence-electron chi connectivity index (χ3n) is 4.53. The Morgan fingerprint density at radius 1 is 1.28 bits per heavy atom. The van der Waals surface area contributed by atoms with Crippen LogP contribution in [0.2, 0.25) is 0 Å². The zero-order valence-electron chi connectivity index (χ0n) is 16.3. The Hall–Kier alpha value is -2.62. The van der Waals surface area contributed by atoms with E-state index in [0.29, 0.717) is 37.6 Å². The minimum absolute atomic E-state index is 0.0633. The van der Waals surface area contributed by atoms with Crippen LogP contribution in [-0.2, 0) is 19.6 Å². The molecule has 2 heterocycles. The van der Waals surface area contributed by atoms with Crippen LogP contribution in [0.4, 0.5) is 0 Å². The van der Waals surface area contributed by atoms with Gasteiger partial charge in [-0.3, -0.25) is 4.79 Å². The number of carbonyl (C=O) groups is 1. The van der Waals surface area contributed by atoms with Gasteiger partial charge in [-0.25, -0.2) is 8.42 Å². The maximum atomic E-state index is 13.0. The maximum absolute atomic E-state index is 13.0. The molecular weight excluding hydrogens is 396 g/mol. The average molecular weight is 420 g/mol. The van der Waals surface area contributed by atoms with Gasteiger partial charge >= 0.3 is 0 Å². The minimum atomic E-state index is -3.73. The first-order chi connectivity index (χ1) is 13.9. The average Bonchev–Trinajstić information content (AvgIpc) is 3.28. The van der Waals surface area contributed by atoms with Crippen LogP contribution in [0.5, 0.6) is 5.75 Å². The van der Waals surface area contributed by atoms with Crippen molar-refractivity contribution in [2.45, 2.75) is 17.9 Å². The number of ether oxygens (including phenoxy) is 2. The molecule has 0 saturated carbocycles. The molecule has 1 atom stereocenters. The van der Waals surface area contributed by atoms with Gasteiger partial charge in [0.25, 0.3) is 0 Å². The molecule has 1 saturated heterocycles. The summed E-state index contributed by atoms with van der Waals surface area (Å²) in [6.07, 6.45) is 4.45. The number of morpholine rings is 1. The lowest BCUT2D eigenvalue weighted by Crippen LogP contribution is -2.40. The SMILES string of the molecule is COc1ccc(/C=C/C(=O)N[C@@H](C)c2ccco2)cc1S(=O)(=O)N1CCOCC1. The van der Waals surface area contributed by atoms with Crippen LogP contribution in [0.15, 0.2) is 52.0 Å². The number of sulfonamides is 1. The predicted molar refractivity (Wildman–Crippen MR) is 107 cm³/mol. The number of nitrogens with one attached hydrogen (secondary N) is 1. The van der Waals surface area contributed by atoms with Crippen molar-refractivity contribution in [1.82, 2.24) is 9.62 Å². The fourth-order valence-electron chi connectivity index (χ4n) is 2.97. The molecule has 1 aromatic carbocycles. The largest absolute Gasteiger partial charge is 0.495 e. The quantitative estimate of drug-likeness (QED) is 0.690. The van der Waals surface area contributed by atoms with E-state index in [2.05, 4.69) is 5.32 Å². The second-order valence-electron chi connectivity index (χ2n) is 6.51. The van der Waals surface area contributed by atoms with E-state index >= 15 is 0 Å². The van der Waals surface area contributed by atoms with Crippen LogP contribution in [0.1, 0.15) is 24.3 Å². The molecule has 9 heteroatoms. The number of rotatable bonds is 7. The summed E-state index contributed by atoms with van der Waals surface area (Å²) >= 11 is 0. The highest BCUT2D eigenvalue weighted by Gasteiger charge is 2.29. The standard InChI is InChI=1S/C20H24N2O6S/c1-15(17-4-3-11-28-17)21-20(23)8-6-16-5-7-18(26-2)19(14-16)29(24,25)22-9-12-27-13-10-22/h3-8,11,14-15H,9-10,12-13H2,1-2H3,(H,21,23)/b8-6+/t15-/m0/s1. The van der Waals surface area contributed by atoms with E-state index in [0.717, 1.165) is 0 Å². The van der Waals surface area contributed by atoms with Crippen LogP contribution in [0.25, 0.3) is 6.08 Å². The van der Waals surface area contributed by atoms with Crippen molar-refractivity contribution in [2.75, 3.05) is 33.4 Å². The number of amides is 1. The van der Waals surface area contributed by atoms with Gasteiger partial charge in [-0.05, 0) is 42.8 Å². The van der Waals surface area contributed by atoms with Gasteiger partial charge in [0.1, 0.15) is 16.4 Å². The number of benzene rings is 1. The molecular formula is C20H24N2O6S. The summed E-state index contributed by atoms with van der Waals surface area (Å²) < 4.78 is 43.1. The zero-order valence-corrected chi connectivity index (χ0v) is 17.1. The Morgan fingerprint density at radius 2 is 2.03 bits per heavy atom. The molecule has 2 aromatic rings. The van der Waals surface area contributed by atoms with Crippen molar-refractivity contribution in [3.05, 3.63) is 54.0 Å². The summed E-state index contributed by atoms with van der Waals surface area (Å²) in [5, 5.41) is 2.79. The van der Waals surface area contributed by atoms with Gasteiger partial charge in [0.2, 0.25) is 15.9 Å². The monoisotopic (exact) mass is 420 g/mol. The third-order valence-corrected chi connectivity index (χ3v) is 6.45. The molecule has 0 bridgehead atoms. The molecule has 0 aliphatic carbocycles. The van der Waals surface area contributed by atoms with Gasteiger partial charge in [0.05, 0.1) is 32.6 Å². The third kappa shape index (κ3) is 5.06. The number of nitrogens with zero attached hydrogens (tertiary/aromatic N) is 1. The highest BCUT2D eigenvalue weighted by atomic mass is 32.2. The molecule has 8 nitrogen and oxygen atoms in total. The van der Waals surface area contributed by atoms with E-state index in [1.807, 2.05) is 6.92 Å². The molecule has 1 amide bonds. The molecule has 0 spiro atoms. The summed E-state index contributed by atoms with van der Waals surface area (Å²) in [5.41, 5.74) is 0.568. The second-order valence-corrected chi connectivity index (χ2v) is 8.41. The molecule has 1 aliphatic heterocycles. The molecule has 0 radical (unpaired) electrons. The Kier molecular flexibility index (Phi) is 6.73. The lowest BCUT2D eigenvalue weighted by atomic mass is 10.2. The van der Waals surface area contributed by atoms with E-state index < -0.39 is 10.0 Å². The summed E-state index contributed by atoms with van der Waals surface area (Å²) in [6, 6.07) is 8.02. The number of hydrogen-bond donors (Lipinski definition) is 1. The first-order valence-corrected chi connectivity index (χ1v) is 10.6. The number of furan rings is 1. The smallest absolute Gasteiger partial charge is 0.246 e. The molecule has 3 rings (SSSR count). The van der Waals surface area contributed by atoms with Gasteiger partial charge in [0, 0.05) is 19.2 Å². The highest BCUT2D eigenvalue weighted by molar-refractivity contribution is 7.89. The van der Waals surface area contributed by atoms with Crippen LogP contribution < -0.4 is 10.1 Å². The molecule has 1 aromatic heterocycles. The first kappa shape index (κ1) is 21.1. The van der Waals surface area contributed by atoms with Crippen LogP contribution >= 0.6 is 0 Å². The van der Waals surface area contributed by atoms with E-state index in [1.54, 1.807) is 36.6 Å². The fraction of sp³-hybridized carbons (Fsp3) is 0.350. The number of carbonyl (C=O) groups excluding carboxylic acids is 1. The molecule has 1 N–H and O–H groups in total.